The lowest BCUT2D eigenvalue weighted by Gasteiger charge is -2.25. The van der Waals surface area contributed by atoms with E-state index in [0.717, 1.165) is 0 Å². The summed E-state index contributed by atoms with van der Waals surface area (Å²) in [5.74, 6) is -2.13. The van der Waals surface area contributed by atoms with Gasteiger partial charge in [-0.2, -0.15) is 0 Å². The number of carboxylic acid groups (broad SMARTS) is 1. The van der Waals surface area contributed by atoms with Crippen LogP contribution in [0.4, 0.5) is 0 Å². The van der Waals surface area contributed by atoms with Crippen molar-refractivity contribution in [2.75, 3.05) is 20.2 Å². The molecular weight excluding hydrogens is 298 g/mol. The van der Waals surface area contributed by atoms with Crippen molar-refractivity contribution in [2.45, 2.75) is 37.9 Å². The van der Waals surface area contributed by atoms with Crippen LogP contribution >= 0.6 is 0 Å². The topological polar surface area (TPSA) is 101 Å². The Bertz CT molecular complexity index is 545. The molecule has 0 spiro atoms. The second kappa shape index (κ2) is 5.57. The summed E-state index contributed by atoms with van der Waals surface area (Å²) in [6.45, 7) is 1.71. The smallest absolute Gasteiger partial charge is 0.310 e. The number of aliphatic carboxylic acids is 1. The third-order valence-electron chi connectivity index (χ3n) is 4.65. The lowest BCUT2D eigenvalue weighted by atomic mass is 9.90. The minimum atomic E-state index is -3.68. The predicted molar refractivity (Wildman–Crippen MR) is 74.0 cm³/mol. The van der Waals surface area contributed by atoms with Gasteiger partial charge in [0.25, 0.3) is 0 Å². The molecule has 1 saturated carbocycles. The molecule has 1 saturated heterocycles. The zero-order chi connectivity index (χ0) is 15.8. The molecule has 7 nitrogen and oxygen atoms in total. The van der Waals surface area contributed by atoms with Crippen LogP contribution in [-0.4, -0.2) is 55.2 Å². The van der Waals surface area contributed by atoms with Crippen molar-refractivity contribution in [1.29, 1.82) is 0 Å². The summed E-state index contributed by atoms with van der Waals surface area (Å²) in [6.07, 6.45) is 1.87. The summed E-state index contributed by atoms with van der Waals surface area (Å²) in [4.78, 5) is 23.0. The van der Waals surface area contributed by atoms with Gasteiger partial charge in [0.15, 0.2) is 0 Å². The molecule has 1 aliphatic heterocycles. The molecule has 0 bridgehead atoms. The van der Waals surface area contributed by atoms with Crippen molar-refractivity contribution >= 4 is 22.0 Å². The molecule has 0 aromatic rings. The van der Waals surface area contributed by atoms with Gasteiger partial charge in [-0.1, -0.05) is 6.42 Å². The molecule has 0 amide bonds. The molecule has 21 heavy (non-hydrogen) atoms. The van der Waals surface area contributed by atoms with Gasteiger partial charge in [0.2, 0.25) is 10.0 Å². The van der Waals surface area contributed by atoms with E-state index in [0.29, 0.717) is 19.3 Å². The summed E-state index contributed by atoms with van der Waals surface area (Å²) in [7, 11) is -2.43. The Morgan fingerprint density at radius 2 is 2.00 bits per heavy atom. The molecule has 1 aliphatic carbocycles. The van der Waals surface area contributed by atoms with Crippen molar-refractivity contribution in [1.82, 2.24) is 4.31 Å². The summed E-state index contributed by atoms with van der Waals surface area (Å²) in [5, 5.41) is 8.41. The second-order valence-corrected chi connectivity index (χ2v) is 8.25. The van der Waals surface area contributed by atoms with Gasteiger partial charge < -0.3 is 9.84 Å². The van der Waals surface area contributed by atoms with Gasteiger partial charge in [-0.05, 0) is 26.2 Å². The highest BCUT2D eigenvalue weighted by molar-refractivity contribution is 7.89. The van der Waals surface area contributed by atoms with Crippen LogP contribution in [0.15, 0.2) is 0 Å². The number of methoxy groups -OCH3 is 1. The highest BCUT2D eigenvalue weighted by atomic mass is 32.2. The van der Waals surface area contributed by atoms with E-state index in [9.17, 15) is 23.1 Å². The fraction of sp³-hybridized carbons (Fsp3) is 0.846. The molecule has 0 radical (unpaired) electrons. The number of carbonyl (C=O) groups is 2. The van der Waals surface area contributed by atoms with Crippen LogP contribution in [0, 0.1) is 11.3 Å². The highest BCUT2D eigenvalue weighted by Gasteiger charge is 2.50. The first-order valence-electron chi connectivity index (χ1n) is 7.02. The summed E-state index contributed by atoms with van der Waals surface area (Å²) in [5.41, 5.74) is -1.05. The number of hydrogen-bond donors (Lipinski definition) is 1. The Morgan fingerprint density at radius 1 is 1.33 bits per heavy atom. The maximum absolute atomic E-state index is 12.7. The van der Waals surface area contributed by atoms with E-state index in [1.165, 1.54) is 11.4 Å². The molecule has 1 heterocycles. The monoisotopic (exact) mass is 319 g/mol. The largest absolute Gasteiger partial charge is 0.481 e. The van der Waals surface area contributed by atoms with Crippen LogP contribution in [0.3, 0.4) is 0 Å². The third kappa shape index (κ3) is 2.78. The standard InChI is InChI=1S/C13H21NO6S/c1-13(12(16)17)6-7-14(8-13)21(18,19)10-5-3-4-9(10)11(15)20-2/h9-10H,3-8H2,1-2H3,(H,16,17). The van der Waals surface area contributed by atoms with Gasteiger partial charge in [-0.25, -0.2) is 12.7 Å². The molecule has 0 aromatic heterocycles. The minimum Gasteiger partial charge on any atom is -0.481 e. The number of ether oxygens (including phenoxy) is 1. The highest BCUT2D eigenvalue weighted by Crippen LogP contribution is 2.38. The van der Waals surface area contributed by atoms with E-state index in [1.807, 2.05) is 0 Å². The van der Waals surface area contributed by atoms with Gasteiger partial charge in [0, 0.05) is 13.1 Å². The number of rotatable bonds is 4. The van der Waals surface area contributed by atoms with Gasteiger partial charge in [-0.3, -0.25) is 9.59 Å². The first kappa shape index (κ1) is 16.2. The Kier molecular flexibility index (Phi) is 4.30. The fourth-order valence-corrected chi connectivity index (χ4v) is 5.53. The maximum Gasteiger partial charge on any atom is 0.310 e. The summed E-state index contributed by atoms with van der Waals surface area (Å²) >= 11 is 0. The molecule has 2 aliphatic rings. The van der Waals surface area contributed by atoms with Crippen LogP contribution < -0.4 is 0 Å². The normalized spacial score (nSPS) is 34.0. The number of sulfonamides is 1. The lowest BCUT2D eigenvalue weighted by molar-refractivity contribution is -0.147. The Labute approximate surface area is 124 Å². The first-order valence-corrected chi connectivity index (χ1v) is 8.53. The van der Waals surface area contributed by atoms with Crippen molar-refractivity contribution < 1.29 is 27.9 Å². The van der Waals surface area contributed by atoms with Crippen molar-refractivity contribution in [2.24, 2.45) is 11.3 Å². The molecule has 8 heteroatoms. The predicted octanol–water partition coefficient (Wildman–Crippen LogP) is 0.454. The Hall–Kier alpha value is -1.15. The molecule has 1 N–H and O–H groups in total. The maximum atomic E-state index is 12.7. The summed E-state index contributed by atoms with van der Waals surface area (Å²) < 4.78 is 31.3. The SMILES string of the molecule is COC(=O)C1CCCC1S(=O)(=O)N1CCC(C)(C(=O)O)C1. The molecule has 0 aromatic carbocycles. The van der Waals surface area contributed by atoms with E-state index < -0.39 is 38.5 Å². The van der Waals surface area contributed by atoms with Gasteiger partial charge in [-0.15, -0.1) is 0 Å². The van der Waals surface area contributed by atoms with Gasteiger partial charge in [0.1, 0.15) is 0 Å². The Balaban J connectivity index is 2.19. The van der Waals surface area contributed by atoms with Crippen LogP contribution in [0.5, 0.6) is 0 Å². The molecule has 3 atom stereocenters. The molecule has 2 rings (SSSR count). The number of hydrogen-bond acceptors (Lipinski definition) is 5. The third-order valence-corrected chi connectivity index (χ3v) is 7.01. The molecule has 120 valence electrons. The molecule has 3 unspecified atom stereocenters. The Morgan fingerprint density at radius 3 is 2.52 bits per heavy atom. The van der Waals surface area contributed by atoms with E-state index in [4.69, 9.17) is 0 Å². The van der Waals surface area contributed by atoms with Crippen LogP contribution in [0.2, 0.25) is 0 Å². The molecule has 2 fully saturated rings. The number of carbonyl (C=O) groups excluding carboxylic acids is 1. The van der Waals surface area contributed by atoms with E-state index in [2.05, 4.69) is 4.74 Å². The number of nitrogens with zero attached hydrogens (tertiary/aromatic N) is 1. The summed E-state index contributed by atoms with van der Waals surface area (Å²) in [6, 6.07) is 0. The van der Waals surface area contributed by atoms with Crippen LogP contribution in [0.25, 0.3) is 0 Å². The number of esters is 1. The van der Waals surface area contributed by atoms with Gasteiger partial charge >= 0.3 is 11.9 Å². The van der Waals surface area contributed by atoms with Crippen LogP contribution in [0.1, 0.15) is 32.6 Å². The van der Waals surface area contributed by atoms with Crippen LogP contribution in [-0.2, 0) is 24.3 Å². The lowest BCUT2D eigenvalue weighted by Crippen LogP contribution is -2.43. The quantitative estimate of drug-likeness (QED) is 0.755. The van der Waals surface area contributed by atoms with E-state index in [1.54, 1.807) is 6.92 Å². The fourth-order valence-electron chi connectivity index (χ4n) is 3.21. The second-order valence-electron chi connectivity index (χ2n) is 6.09. The first-order chi connectivity index (χ1) is 9.72. The average molecular weight is 319 g/mol. The minimum absolute atomic E-state index is 0.0327. The van der Waals surface area contributed by atoms with E-state index >= 15 is 0 Å². The average Bonchev–Trinajstić information content (AvgIpc) is 3.05. The van der Waals surface area contributed by atoms with E-state index in [-0.39, 0.29) is 19.5 Å². The van der Waals surface area contributed by atoms with Crippen molar-refractivity contribution in [3.63, 3.8) is 0 Å². The van der Waals surface area contributed by atoms with Crippen molar-refractivity contribution in [3.8, 4) is 0 Å². The zero-order valence-electron chi connectivity index (χ0n) is 12.2. The zero-order valence-corrected chi connectivity index (χ0v) is 13.1. The molecular formula is C13H21NO6S. The number of carboxylic acids is 1. The van der Waals surface area contributed by atoms with Crippen molar-refractivity contribution in [3.05, 3.63) is 0 Å². The van der Waals surface area contributed by atoms with Gasteiger partial charge in [0.05, 0.1) is 23.7 Å².